The lowest BCUT2D eigenvalue weighted by Gasteiger charge is -2.33. The van der Waals surface area contributed by atoms with Crippen LogP contribution in [0.1, 0.15) is 69.4 Å². The zero-order valence-electron chi connectivity index (χ0n) is 20.4. The first-order valence-electron chi connectivity index (χ1n) is 12.3. The number of ether oxygens (including phenoxy) is 1. The highest BCUT2D eigenvalue weighted by atomic mass is 16.5. The van der Waals surface area contributed by atoms with Crippen LogP contribution in [0, 0.1) is 5.41 Å². The van der Waals surface area contributed by atoms with Gasteiger partial charge in [-0.05, 0) is 48.9 Å². The fourth-order valence-corrected chi connectivity index (χ4v) is 5.38. The standard InChI is InChI=1S/C28H34N2O5/c1-27(2,16-24(31)29-18-28(25(32)33)14-8-3-9-15-28)30-26(34)35-17-23-21-12-6-4-10-19(21)20-11-5-7-13-22(20)23/h4-7,10-13,23H,3,8-9,14-18H2,1-2H3,(H,29,31)(H,30,34)(H,32,33). The zero-order valence-corrected chi connectivity index (χ0v) is 20.4. The Labute approximate surface area is 206 Å². The Kier molecular flexibility index (Phi) is 7.15. The lowest BCUT2D eigenvalue weighted by atomic mass is 9.74. The third kappa shape index (κ3) is 5.50. The quantitative estimate of drug-likeness (QED) is 0.503. The van der Waals surface area contributed by atoms with E-state index in [0.717, 1.165) is 41.5 Å². The van der Waals surface area contributed by atoms with Crippen molar-refractivity contribution in [2.75, 3.05) is 13.2 Å². The lowest BCUT2D eigenvalue weighted by Crippen LogP contribution is -2.49. The van der Waals surface area contributed by atoms with Gasteiger partial charge < -0.3 is 20.5 Å². The summed E-state index contributed by atoms with van der Waals surface area (Å²) in [5.41, 5.74) is 2.84. The summed E-state index contributed by atoms with van der Waals surface area (Å²) in [6.45, 7) is 3.81. The second kappa shape index (κ2) is 10.1. The number of nitrogens with one attached hydrogen (secondary N) is 2. The van der Waals surface area contributed by atoms with Crippen LogP contribution in [0.2, 0.25) is 0 Å². The molecule has 2 aliphatic carbocycles. The number of carboxylic acid groups (broad SMARTS) is 1. The molecule has 1 saturated carbocycles. The average molecular weight is 479 g/mol. The molecule has 0 unspecified atom stereocenters. The lowest BCUT2D eigenvalue weighted by molar-refractivity contribution is -0.151. The molecule has 2 aliphatic rings. The molecule has 4 rings (SSSR count). The number of rotatable bonds is 8. The Hall–Kier alpha value is -3.35. The average Bonchev–Trinajstić information content (AvgIpc) is 3.15. The molecule has 2 aromatic carbocycles. The second-order valence-electron chi connectivity index (χ2n) is 10.4. The number of fused-ring (bicyclic) bond motifs is 3. The van der Waals surface area contributed by atoms with Gasteiger partial charge in [0.15, 0.2) is 0 Å². The Morgan fingerprint density at radius 1 is 0.971 bits per heavy atom. The van der Waals surface area contributed by atoms with E-state index in [1.807, 2.05) is 24.3 Å². The van der Waals surface area contributed by atoms with Crippen LogP contribution >= 0.6 is 0 Å². The Bertz CT molecular complexity index is 1060. The summed E-state index contributed by atoms with van der Waals surface area (Å²) in [6.07, 6.45) is 3.33. The second-order valence-corrected chi connectivity index (χ2v) is 10.4. The number of carbonyl (C=O) groups is 3. The summed E-state index contributed by atoms with van der Waals surface area (Å²) >= 11 is 0. The van der Waals surface area contributed by atoms with Crippen molar-refractivity contribution in [1.29, 1.82) is 0 Å². The molecule has 35 heavy (non-hydrogen) atoms. The van der Waals surface area contributed by atoms with E-state index in [4.69, 9.17) is 4.74 Å². The van der Waals surface area contributed by atoms with Crippen LogP contribution in [0.25, 0.3) is 11.1 Å². The van der Waals surface area contributed by atoms with Gasteiger partial charge in [-0.25, -0.2) is 4.79 Å². The molecule has 0 saturated heterocycles. The Morgan fingerprint density at radius 3 is 2.11 bits per heavy atom. The van der Waals surface area contributed by atoms with Crippen LogP contribution in [0.15, 0.2) is 48.5 Å². The van der Waals surface area contributed by atoms with E-state index in [2.05, 4.69) is 34.9 Å². The predicted octanol–water partition coefficient (Wildman–Crippen LogP) is 4.85. The third-order valence-electron chi connectivity index (χ3n) is 7.27. The number of carbonyl (C=O) groups excluding carboxylic acids is 2. The van der Waals surface area contributed by atoms with Gasteiger partial charge in [-0.3, -0.25) is 9.59 Å². The fraction of sp³-hybridized carbons (Fsp3) is 0.464. The van der Waals surface area contributed by atoms with Gasteiger partial charge >= 0.3 is 12.1 Å². The van der Waals surface area contributed by atoms with Crippen molar-refractivity contribution in [2.24, 2.45) is 5.41 Å². The Balaban J connectivity index is 1.30. The van der Waals surface area contributed by atoms with Gasteiger partial charge in [0.25, 0.3) is 0 Å². The summed E-state index contributed by atoms with van der Waals surface area (Å²) in [7, 11) is 0. The summed E-state index contributed by atoms with van der Waals surface area (Å²) in [6, 6.07) is 16.3. The van der Waals surface area contributed by atoms with Gasteiger partial charge in [-0.15, -0.1) is 0 Å². The molecule has 1 fully saturated rings. The number of aliphatic carboxylic acids is 1. The van der Waals surface area contributed by atoms with Crippen molar-refractivity contribution in [3.63, 3.8) is 0 Å². The van der Waals surface area contributed by atoms with Gasteiger partial charge in [-0.2, -0.15) is 0 Å². The van der Waals surface area contributed by atoms with E-state index in [1.165, 1.54) is 0 Å². The van der Waals surface area contributed by atoms with Gasteiger partial charge in [-0.1, -0.05) is 67.8 Å². The van der Waals surface area contributed by atoms with Crippen LogP contribution in [0.3, 0.4) is 0 Å². The maximum absolute atomic E-state index is 12.6. The molecular weight excluding hydrogens is 444 g/mol. The molecule has 3 N–H and O–H groups in total. The third-order valence-corrected chi connectivity index (χ3v) is 7.27. The van der Waals surface area contributed by atoms with Gasteiger partial charge in [0.05, 0.1) is 5.41 Å². The first kappa shape index (κ1) is 24.8. The summed E-state index contributed by atoms with van der Waals surface area (Å²) in [5, 5.41) is 15.3. The molecule has 0 heterocycles. The number of benzene rings is 2. The minimum Gasteiger partial charge on any atom is -0.481 e. The van der Waals surface area contributed by atoms with Crippen molar-refractivity contribution < 1.29 is 24.2 Å². The number of amides is 2. The molecule has 0 spiro atoms. The smallest absolute Gasteiger partial charge is 0.407 e. The van der Waals surface area contributed by atoms with Crippen LogP contribution < -0.4 is 10.6 Å². The maximum atomic E-state index is 12.6. The molecule has 2 amide bonds. The Morgan fingerprint density at radius 2 is 1.54 bits per heavy atom. The summed E-state index contributed by atoms with van der Waals surface area (Å²) in [5.74, 6) is -1.18. The van der Waals surface area contributed by atoms with E-state index in [0.29, 0.717) is 12.8 Å². The van der Waals surface area contributed by atoms with E-state index in [9.17, 15) is 19.5 Å². The SMILES string of the molecule is CC(C)(CC(=O)NCC1(C(=O)O)CCCCC1)NC(=O)OCC1c2ccccc2-c2ccccc21. The zero-order chi connectivity index (χ0) is 25.1. The topological polar surface area (TPSA) is 105 Å². The fourth-order valence-electron chi connectivity index (χ4n) is 5.38. The molecule has 0 radical (unpaired) electrons. The number of hydrogen-bond donors (Lipinski definition) is 3. The van der Waals surface area contributed by atoms with Crippen LogP contribution in [-0.4, -0.2) is 41.8 Å². The molecule has 186 valence electrons. The molecule has 7 nitrogen and oxygen atoms in total. The van der Waals surface area contributed by atoms with Crippen molar-refractivity contribution in [1.82, 2.24) is 10.6 Å². The maximum Gasteiger partial charge on any atom is 0.407 e. The largest absolute Gasteiger partial charge is 0.481 e. The van der Waals surface area contributed by atoms with Gasteiger partial charge in [0, 0.05) is 24.4 Å². The van der Waals surface area contributed by atoms with Crippen molar-refractivity contribution in [2.45, 2.75) is 63.8 Å². The highest BCUT2D eigenvalue weighted by molar-refractivity contribution is 5.81. The predicted molar refractivity (Wildman–Crippen MR) is 133 cm³/mol. The molecular formula is C28H34N2O5. The molecule has 7 heteroatoms. The minimum atomic E-state index is -0.891. The van der Waals surface area contributed by atoms with Crippen LogP contribution in [0.5, 0.6) is 0 Å². The van der Waals surface area contributed by atoms with E-state index < -0.39 is 23.0 Å². The monoisotopic (exact) mass is 478 g/mol. The van der Waals surface area contributed by atoms with Gasteiger partial charge in [0.2, 0.25) is 5.91 Å². The first-order valence-corrected chi connectivity index (χ1v) is 12.3. The van der Waals surface area contributed by atoms with E-state index in [-0.39, 0.29) is 31.4 Å². The normalized spacial score (nSPS) is 16.6. The number of alkyl carbamates (subject to hydrolysis) is 1. The van der Waals surface area contributed by atoms with Crippen molar-refractivity contribution in [3.8, 4) is 11.1 Å². The van der Waals surface area contributed by atoms with Crippen LogP contribution in [-0.2, 0) is 14.3 Å². The van der Waals surface area contributed by atoms with Crippen molar-refractivity contribution >= 4 is 18.0 Å². The molecule has 0 bridgehead atoms. The first-order chi connectivity index (χ1) is 16.7. The summed E-state index contributed by atoms with van der Waals surface area (Å²) in [4.78, 5) is 37.0. The van der Waals surface area contributed by atoms with E-state index >= 15 is 0 Å². The highest BCUT2D eigenvalue weighted by Gasteiger charge is 2.40. The van der Waals surface area contributed by atoms with Crippen molar-refractivity contribution in [3.05, 3.63) is 59.7 Å². The van der Waals surface area contributed by atoms with Gasteiger partial charge in [0.1, 0.15) is 6.61 Å². The summed E-state index contributed by atoms with van der Waals surface area (Å²) < 4.78 is 5.60. The number of carboxylic acids is 1. The molecule has 2 aromatic rings. The van der Waals surface area contributed by atoms with E-state index in [1.54, 1.807) is 13.8 Å². The number of hydrogen-bond acceptors (Lipinski definition) is 4. The van der Waals surface area contributed by atoms with Crippen LogP contribution in [0.4, 0.5) is 4.79 Å². The molecule has 0 aromatic heterocycles. The minimum absolute atomic E-state index is 0.0207. The molecule has 0 aliphatic heterocycles. The molecule has 0 atom stereocenters. The highest BCUT2D eigenvalue weighted by Crippen LogP contribution is 2.44.